The summed E-state index contributed by atoms with van der Waals surface area (Å²) in [6.45, 7) is 0. The maximum atomic E-state index is 11.1. The maximum absolute atomic E-state index is 11.1. The minimum Gasteiger partial charge on any atom is -0.478 e. The molecule has 0 fully saturated rings. The van der Waals surface area contributed by atoms with Crippen molar-refractivity contribution in [1.29, 1.82) is 0 Å². The van der Waals surface area contributed by atoms with Gasteiger partial charge in [-0.2, -0.15) is 5.10 Å². The van der Waals surface area contributed by atoms with Crippen LogP contribution in [0.25, 0.3) is 0 Å². The minimum absolute atomic E-state index is 0.00201. The van der Waals surface area contributed by atoms with Crippen molar-refractivity contribution in [2.75, 3.05) is 0 Å². The van der Waals surface area contributed by atoms with E-state index in [0.717, 1.165) is 6.07 Å². The van der Waals surface area contributed by atoms with Gasteiger partial charge in [0.2, 0.25) is 5.88 Å². The lowest BCUT2D eigenvalue weighted by Crippen LogP contribution is -2.01. The molecular formula is C11H7ClN2O5. The predicted octanol–water partition coefficient (Wildman–Crippen LogP) is 2.25. The van der Waals surface area contributed by atoms with Gasteiger partial charge in [-0.3, -0.25) is 0 Å². The van der Waals surface area contributed by atoms with E-state index in [2.05, 4.69) is 10.2 Å². The van der Waals surface area contributed by atoms with Crippen LogP contribution in [0.3, 0.4) is 0 Å². The van der Waals surface area contributed by atoms with Gasteiger partial charge in [0.05, 0.1) is 5.02 Å². The van der Waals surface area contributed by atoms with Crippen LogP contribution < -0.4 is 4.74 Å². The van der Waals surface area contributed by atoms with E-state index >= 15 is 0 Å². The Bertz CT molecular complexity index is 652. The molecule has 3 N–H and O–H groups in total. The third-order valence-corrected chi connectivity index (χ3v) is 2.50. The van der Waals surface area contributed by atoms with E-state index in [4.69, 9.17) is 26.6 Å². The molecule has 0 atom stereocenters. The topological polar surface area (TPSA) is 113 Å². The Balaban J connectivity index is 2.35. The van der Waals surface area contributed by atoms with Crippen LogP contribution in [0, 0.1) is 0 Å². The number of aromatic carboxylic acids is 2. The molecule has 0 aliphatic heterocycles. The van der Waals surface area contributed by atoms with Crippen LogP contribution >= 0.6 is 11.6 Å². The number of nitrogens with one attached hydrogen (secondary N) is 1. The Morgan fingerprint density at radius 2 is 2.00 bits per heavy atom. The van der Waals surface area contributed by atoms with Crippen LogP contribution in [0.4, 0.5) is 0 Å². The summed E-state index contributed by atoms with van der Waals surface area (Å²) in [6, 6.07) is 5.46. The fraction of sp³-hybridized carbons (Fsp3) is 0. The van der Waals surface area contributed by atoms with Crippen molar-refractivity contribution >= 4 is 23.5 Å². The first kappa shape index (κ1) is 12.9. The SMILES string of the molecule is O=C(O)c1cc(Oc2cccc(Cl)c2C(=O)O)[nH]n1. The molecule has 2 rings (SSSR count). The highest BCUT2D eigenvalue weighted by atomic mass is 35.5. The number of ether oxygens (including phenoxy) is 1. The summed E-state index contributed by atoms with van der Waals surface area (Å²) in [5.74, 6) is -2.49. The zero-order valence-corrected chi connectivity index (χ0v) is 10.0. The van der Waals surface area contributed by atoms with Crippen molar-refractivity contribution in [3.63, 3.8) is 0 Å². The second-order valence-electron chi connectivity index (χ2n) is 3.44. The fourth-order valence-corrected chi connectivity index (χ4v) is 1.63. The van der Waals surface area contributed by atoms with Crippen molar-refractivity contribution in [3.05, 3.63) is 40.5 Å². The highest BCUT2D eigenvalue weighted by molar-refractivity contribution is 6.33. The Morgan fingerprint density at radius 1 is 1.26 bits per heavy atom. The predicted molar refractivity (Wildman–Crippen MR) is 64.0 cm³/mol. The maximum Gasteiger partial charge on any atom is 0.356 e. The molecule has 0 unspecified atom stereocenters. The van der Waals surface area contributed by atoms with E-state index in [1.165, 1.54) is 18.2 Å². The van der Waals surface area contributed by atoms with Gasteiger partial charge in [-0.1, -0.05) is 17.7 Å². The zero-order valence-electron chi connectivity index (χ0n) is 9.25. The number of carboxylic acids is 2. The van der Waals surface area contributed by atoms with Crippen LogP contribution in [0.5, 0.6) is 11.6 Å². The quantitative estimate of drug-likeness (QED) is 0.793. The third-order valence-electron chi connectivity index (χ3n) is 2.18. The average Bonchev–Trinajstić information content (AvgIpc) is 2.77. The smallest absolute Gasteiger partial charge is 0.356 e. The van der Waals surface area contributed by atoms with Crippen molar-refractivity contribution < 1.29 is 24.5 Å². The molecule has 0 aliphatic rings. The van der Waals surface area contributed by atoms with Crippen molar-refractivity contribution in [2.24, 2.45) is 0 Å². The number of hydrogen-bond donors (Lipinski definition) is 3. The van der Waals surface area contributed by atoms with Gasteiger partial charge in [0, 0.05) is 6.07 Å². The van der Waals surface area contributed by atoms with Crippen molar-refractivity contribution in [2.45, 2.75) is 0 Å². The number of aromatic amines is 1. The average molecular weight is 283 g/mol. The molecule has 2 aromatic rings. The first-order chi connectivity index (χ1) is 8.99. The van der Waals surface area contributed by atoms with Gasteiger partial charge in [0.15, 0.2) is 5.69 Å². The van der Waals surface area contributed by atoms with Gasteiger partial charge in [-0.15, -0.1) is 0 Å². The molecule has 1 heterocycles. The normalized spacial score (nSPS) is 10.2. The molecule has 7 nitrogen and oxygen atoms in total. The summed E-state index contributed by atoms with van der Waals surface area (Å²) in [5.41, 5.74) is -0.454. The van der Waals surface area contributed by atoms with E-state index in [0.29, 0.717) is 0 Å². The molecule has 0 spiro atoms. The molecule has 1 aromatic carbocycles. The lowest BCUT2D eigenvalue weighted by Gasteiger charge is -2.07. The lowest BCUT2D eigenvalue weighted by molar-refractivity contribution is 0.0680. The first-order valence-corrected chi connectivity index (χ1v) is 5.35. The van der Waals surface area contributed by atoms with Gasteiger partial charge < -0.3 is 14.9 Å². The number of halogens is 1. The van der Waals surface area contributed by atoms with Gasteiger partial charge >= 0.3 is 11.9 Å². The summed E-state index contributed by atoms with van der Waals surface area (Å²) >= 11 is 5.77. The lowest BCUT2D eigenvalue weighted by atomic mass is 10.2. The number of H-pyrrole nitrogens is 1. The van der Waals surface area contributed by atoms with E-state index < -0.39 is 11.9 Å². The Morgan fingerprint density at radius 3 is 2.58 bits per heavy atom. The standard InChI is InChI=1S/C11H7ClN2O5/c12-5-2-1-3-7(9(5)11(17)18)19-8-4-6(10(15)16)13-14-8/h1-4H,(H,13,14)(H,15,16)(H,17,18). The number of hydrogen-bond acceptors (Lipinski definition) is 4. The highest BCUT2D eigenvalue weighted by Gasteiger charge is 2.17. The molecule has 0 aliphatic carbocycles. The number of carbonyl (C=O) groups is 2. The molecule has 0 saturated heterocycles. The largest absolute Gasteiger partial charge is 0.478 e. The molecule has 1 aromatic heterocycles. The fourth-order valence-electron chi connectivity index (χ4n) is 1.38. The van der Waals surface area contributed by atoms with Crippen LogP contribution in [-0.2, 0) is 0 Å². The Hall–Kier alpha value is -2.54. The summed E-state index contributed by atoms with van der Waals surface area (Å²) in [6.07, 6.45) is 0. The number of rotatable bonds is 4. The first-order valence-electron chi connectivity index (χ1n) is 4.97. The van der Waals surface area contributed by atoms with Gasteiger partial charge in [-0.05, 0) is 12.1 Å². The molecule has 98 valence electrons. The number of aromatic nitrogens is 2. The van der Waals surface area contributed by atoms with Gasteiger partial charge in [-0.25, -0.2) is 14.7 Å². The van der Waals surface area contributed by atoms with Crippen molar-refractivity contribution in [3.8, 4) is 11.6 Å². The Kier molecular flexibility index (Phi) is 3.39. The molecule has 0 amide bonds. The number of nitrogens with zero attached hydrogens (tertiary/aromatic N) is 1. The molecule has 0 radical (unpaired) electrons. The van der Waals surface area contributed by atoms with E-state index in [-0.39, 0.29) is 27.9 Å². The molecule has 0 saturated carbocycles. The molecular weight excluding hydrogens is 276 g/mol. The van der Waals surface area contributed by atoms with Crippen LogP contribution in [0.2, 0.25) is 5.02 Å². The third kappa shape index (κ3) is 2.66. The van der Waals surface area contributed by atoms with Crippen molar-refractivity contribution in [1.82, 2.24) is 10.2 Å². The van der Waals surface area contributed by atoms with E-state index in [9.17, 15) is 9.59 Å². The van der Waals surface area contributed by atoms with E-state index in [1.807, 2.05) is 0 Å². The highest BCUT2D eigenvalue weighted by Crippen LogP contribution is 2.29. The summed E-state index contributed by atoms with van der Waals surface area (Å²) < 4.78 is 5.24. The molecule has 0 bridgehead atoms. The minimum atomic E-state index is -1.25. The number of benzene rings is 1. The second-order valence-corrected chi connectivity index (χ2v) is 3.85. The summed E-state index contributed by atoms with van der Waals surface area (Å²) in [5, 5.41) is 23.6. The second kappa shape index (κ2) is 4.99. The van der Waals surface area contributed by atoms with Crippen LogP contribution in [-0.4, -0.2) is 32.3 Å². The Labute approximate surface area is 111 Å². The van der Waals surface area contributed by atoms with Crippen LogP contribution in [0.1, 0.15) is 20.8 Å². The summed E-state index contributed by atoms with van der Waals surface area (Å²) in [4.78, 5) is 21.7. The zero-order chi connectivity index (χ0) is 14.0. The summed E-state index contributed by atoms with van der Waals surface area (Å²) in [7, 11) is 0. The molecule has 19 heavy (non-hydrogen) atoms. The van der Waals surface area contributed by atoms with Gasteiger partial charge in [0.1, 0.15) is 11.3 Å². The van der Waals surface area contributed by atoms with E-state index in [1.54, 1.807) is 0 Å². The number of carboxylic acid groups (broad SMARTS) is 2. The van der Waals surface area contributed by atoms with Crippen LogP contribution in [0.15, 0.2) is 24.3 Å². The van der Waals surface area contributed by atoms with Gasteiger partial charge in [0.25, 0.3) is 0 Å². The monoisotopic (exact) mass is 282 g/mol. The molecule has 8 heteroatoms.